The zero-order chi connectivity index (χ0) is 16.8. The summed E-state index contributed by atoms with van der Waals surface area (Å²) in [7, 11) is 0. The minimum absolute atomic E-state index is 0. The van der Waals surface area contributed by atoms with E-state index in [0.717, 1.165) is 23.4 Å². The van der Waals surface area contributed by atoms with E-state index in [-0.39, 0.29) is 18.3 Å². The lowest BCUT2D eigenvalue weighted by Crippen LogP contribution is -2.15. The SMILES string of the molecule is Cl.NCCOc1ccc(NC(=O)Cc2ccc3c(c2)CCCC3)cc1. The largest absolute Gasteiger partial charge is 0.492 e. The maximum Gasteiger partial charge on any atom is 0.228 e. The molecule has 1 amide bonds. The van der Waals surface area contributed by atoms with Crippen LogP contribution in [-0.2, 0) is 24.1 Å². The third-order valence-corrected chi connectivity index (χ3v) is 4.30. The molecule has 2 aromatic carbocycles. The van der Waals surface area contributed by atoms with E-state index in [1.54, 1.807) is 0 Å². The number of nitrogens with one attached hydrogen (secondary N) is 1. The minimum Gasteiger partial charge on any atom is -0.492 e. The van der Waals surface area contributed by atoms with Crippen molar-refractivity contribution < 1.29 is 9.53 Å². The number of amides is 1. The molecule has 3 rings (SSSR count). The van der Waals surface area contributed by atoms with Crippen LogP contribution in [0.5, 0.6) is 5.75 Å². The van der Waals surface area contributed by atoms with Gasteiger partial charge in [-0.15, -0.1) is 12.4 Å². The number of aryl methyl sites for hydroxylation is 2. The average Bonchev–Trinajstić information content (AvgIpc) is 2.61. The highest BCUT2D eigenvalue weighted by molar-refractivity contribution is 5.92. The number of benzene rings is 2. The molecule has 0 spiro atoms. The standard InChI is InChI=1S/C20H24N2O2.ClH/c21-11-12-24-19-9-7-18(8-10-19)22-20(23)14-15-5-6-16-3-1-2-4-17(16)13-15;/h5-10,13H,1-4,11-12,14,21H2,(H,22,23);1H. The molecule has 4 nitrogen and oxygen atoms in total. The van der Waals surface area contributed by atoms with E-state index in [2.05, 4.69) is 23.5 Å². The Bertz CT molecular complexity index is 701. The Morgan fingerprint density at radius 2 is 1.76 bits per heavy atom. The van der Waals surface area contributed by atoms with Crippen molar-refractivity contribution in [2.45, 2.75) is 32.1 Å². The summed E-state index contributed by atoms with van der Waals surface area (Å²) in [6, 6.07) is 13.8. The van der Waals surface area contributed by atoms with Crippen LogP contribution in [0.2, 0.25) is 0 Å². The lowest BCUT2D eigenvalue weighted by atomic mass is 9.90. The summed E-state index contributed by atoms with van der Waals surface area (Å²) >= 11 is 0. The molecule has 0 saturated heterocycles. The van der Waals surface area contributed by atoms with Crippen LogP contribution >= 0.6 is 12.4 Å². The molecule has 1 aliphatic carbocycles. The van der Waals surface area contributed by atoms with Gasteiger partial charge < -0.3 is 15.8 Å². The fourth-order valence-corrected chi connectivity index (χ4v) is 3.10. The zero-order valence-corrected chi connectivity index (χ0v) is 15.1. The molecular weight excluding hydrogens is 336 g/mol. The molecule has 134 valence electrons. The molecule has 1 aliphatic rings. The molecule has 0 atom stereocenters. The molecule has 0 aliphatic heterocycles. The molecule has 5 heteroatoms. The Kier molecular flexibility index (Phi) is 7.29. The van der Waals surface area contributed by atoms with Crippen LogP contribution in [0.25, 0.3) is 0 Å². The Labute approximate surface area is 155 Å². The van der Waals surface area contributed by atoms with Crippen LogP contribution in [0.3, 0.4) is 0 Å². The van der Waals surface area contributed by atoms with Gasteiger partial charge in [-0.25, -0.2) is 0 Å². The first-order valence-electron chi connectivity index (χ1n) is 8.58. The summed E-state index contributed by atoms with van der Waals surface area (Å²) in [6.45, 7) is 0.975. The molecule has 0 unspecified atom stereocenters. The molecular formula is C20H25ClN2O2. The molecule has 0 bridgehead atoms. The van der Waals surface area contributed by atoms with E-state index < -0.39 is 0 Å². The van der Waals surface area contributed by atoms with Crippen molar-refractivity contribution in [3.8, 4) is 5.75 Å². The van der Waals surface area contributed by atoms with Crippen LogP contribution in [-0.4, -0.2) is 19.1 Å². The summed E-state index contributed by atoms with van der Waals surface area (Å²) in [5, 5.41) is 2.93. The van der Waals surface area contributed by atoms with Crippen molar-refractivity contribution in [2.24, 2.45) is 5.73 Å². The fourth-order valence-electron chi connectivity index (χ4n) is 3.10. The van der Waals surface area contributed by atoms with Gasteiger partial charge in [-0.3, -0.25) is 4.79 Å². The quantitative estimate of drug-likeness (QED) is 0.828. The average molecular weight is 361 g/mol. The summed E-state index contributed by atoms with van der Waals surface area (Å²) < 4.78 is 5.43. The van der Waals surface area contributed by atoms with Gasteiger partial charge in [0.15, 0.2) is 0 Å². The second-order valence-corrected chi connectivity index (χ2v) is 6.20. The van der Waals surface area contributed by atoms with Crippen LogP contribution in [0.1, 0.15) is 29.5 Å². The normalized spacial score (nSPS) is 12.7. The number of carbonyl (C=O) groups excluding carboxylic acids is 1. The van der Waals surface area contributed by atoms with Crippen molar-refractivity contribution in [1.82, 2.24) is 0 Å². The maximum atomic E-state index is 12.2. The second-order valence-electron chi connectivity index (χ2n) is 6.20. The lowest BCUT2D eigenvalue weighted by molar-refractivity contribution is -0.115. The smallest absolute Gasteiger partial charge is 0.228 e. The van der Waals surface area contributed by atoms with E-state index in [1.807, 2.05) is 24.3 Å². The number of carbonyl (C=O) groups is 1. The first-order valence-corrected chi connectivity index (χ1v) is 8.58. The monoisotopic (exact) mass is 360 g/mol. The number of fused-ring (bicyclic) bond motifs is 1. The van der Waals surface area contributed by atoms with Crippen molar-refractivity contribution in [1.29, 1.82) is 0 Å². The predicted molar refractivity (Wildman–Crippen MR) is 104 cm³/mol. The summed E-state index contributed by atoms with van der Waals surface area (Å²) in [5.74, 6) is 0.759. The molecule has 25 heavy (non-hydrogen) atoms. The number of hydrogen-bond acceptors (Lipinski definition) is 3. The zero-order valence-electron chi connectivity index (χ0n) is 14.3. The number of halogens is 1. The van der Waals surface area contributed by atoms with Gasteiger partial charge in [0, 0.05) is 12.2 Å². The van der Waals surface area contributed by atoms with Gasteiger partial charge in [0.1, 0.15) is 12.4 Å². The third-order valence-electron chi connectivity index (χ3n) is 4.30. The van der Waals surface area contributed by atoms with Gasteiger partial charge in [0.2, 0.25) is 5.91 Å². The highest BCUT2D eigenvalue weighted by Gasteiger charge is 2.11. The Hall–Kier alpha value is -2.04. The van der Waals surface area contributed by atoms with Crippen molar-refractivity contribution in [3.63, 3.8) is 0 Å². The van der Waals surface area contributed by atoms with Gasteiger partial charge in [0.25, 0.3) is 0 Å². The second kappa shape index (κ2) is 9.44. The number of nitrogens with two attached hydrogens (primary N) is 1. The fraction of sp³-hybridized carbons (Fsp3) is 0.350. The highest BCUT2D eigenvalue weighted by atomic mass is 35.5. The van der Waals surface area contributed by atoms with Gasteiger partial charge in [-0.1, -0.05) is 18.2 Å². The Morgan fingerprint density at radius 3 is 2.48 bits per heavy atom. The van der Waals surface area contributed by atoms with E-state index in [0.29, 0.717) is 19.6 Å². The molecule has 2 aromatic rings. The molecule has 0 heterocycles. The summed E-state index contributed by atoms with van der Waals surface area (Å²) in [5.41, 5.74) is 10.1. The molecule has 0 saturated carbocycles. The summed E-state index contributed by atoms with van der Waals surface area (Å²) in [6.07, 6.45) is 5.23. The van der Waals surface area contributed by atoms with E-state index >= 15 is 0 Å². The number of rotatable bonds is 6. The minimum atomic E-state index is 0. The molecule has 0 fully saturated rings. The van der Waals surface area contributed by atoms with Gasteiger partial charge in [-0.05, 0) is 66.6 Å². The number of hydrogen-bond donors (Lipinski definition) is 2. The third kappa shape index (κ3) is 5.48. The van der Waals surface area contributed by atoms with Crippen LogP contribution in [0.15, 0.2) is 42.5 Å². The number of anilines is 1. The highest BCUT2D eigenvalue weighted by Crippen LogP contribution is 2.22. The van der Waals surface area contributed by atoms with Gasteiger partial charge in [-0.2, -0.15) is 0 Å². The summed E-state index contributed by atoms with van der Waals surface area (Å²) in [4.78, 5) is 12.2. The molecule has 0 radical (unpaired) electrons. The van der Waals surface area contributed by atoms with Crippen LogP contribution in [0, 0.1) is 0 Å². The van der Waals surface area contributed by atoms with Crippen LogP contribution in [0.4, 0.5) is 5.69 Å². The molecule has 0 aromatic heterocycles. The predicted octanol–water partition coefficient (Wildman–Crippen LogP) is 3.51. The Balaban J connectivity index is 0.00000225. The van der Waals surface area contributed by atoms with E-state index in [4.69, 9.17) is 10.5 Å². The van der Waals surface area contributed by atoms with Crippen molar-refractivity contribution in [2.75, 3.05) is 18.5 Å². The van der Waals surface area contributed by atoms with Crippen molar-refractivity contribution >= 4 is 24.0 Å². The molecule has 3 N–H and O–H groups in total. The van der Waals surface area contributed by atoms with Gasteiger partial charge >= 0.3 is 0 Å². The first kappa shape index (κ1) is 19.3. The van der Waals surface area contributed by atoms with Crippen molar-refractivity contribution in [3.05, 3.63) is 59.2 Å². The van der Waals surface area contributed by atoms with E-state index in [9.17, 15) is 4.79 Å². The topological polar surface area (TPSA) is 64.3 Å². The van der Waals surface area contributed by atoms with Gasteiger partial charge in [0.05, 0.1) is 6.42 Å². The lowest BCUT2D eigenvalue weighted by Gasteiger charge is -2.16. The first-order chi connectivity index (χ1) is 11.7. The van der Waals surface area contributed by atoms with Crippen LogP contribution < -0.4 is 15.8 Å². The number of ether oxygens (including phenoxy) is 1. The maximum absolute atomic E-state index is 12.2. The Morgan fingerprint density at radius 1 is 1.04 bits per heavy atom. The van der Waals surface area contributed by atoms with E-state index in [1.165, 1.54) is 30.4 Å².